The van der Waals surface area contributed by atoms with Crippen molar-refractivity contribution in [1.82, 2.24) is 0 Å². The second-order valence-electron chi connectivity index (χ2n) is 2.42. The molecule has 0 spiro atoms. The van der Waals surface area contributed by atoms with Crippen LogP contribution in [-0.2, 0) is 4.79 Å². The van der Waals surface area contributed by atoms with Crippen molar-refractivity contribution in [1.29, 1.82) is 0 Å². The number of carboxylic acid groups (broad SMARTS) is 1. The van der Waals surface area contributed by atoms with Crippen molar-refractivity contribution in [3.63, 3.8) is 0 Å². The molecule has 72 valence electrons. The zero-order valence-corrected chi connectivity index (χ0v) is 7.72. The average molecular weight is 193 g/mol. The van der Waals surface area contributed by atoms with Gasteiger partial charge in [0.15, 0.2) is 0 Å². The second-order valence-corrected chi connectivity index (χ2v) is 3.65. The number of carboxylic acids is 1. The van der Waals surface area contributed by atoms with Gasteiger partial charge in [-0.25, -0.2) is 0 Å². The third kappa shape index (κ3) is 6.45. The van der Waals surface area contributed by atoms with E-state index in [4.69, 9.17) is 15.9 Å². The molecule has 0 aromatic heterocycles. The molecule has 0 heterocycles. The van der Waals surface area contributed by atoms with E-state index in [-0.39, 0.29) is 6.61 Å². The van der Waals surface area contributed by atoms with Gasteiger partial charge in [-0.2, -0.15) is 11.8 Å². The van der Waals surface area contributed by atoms with Crippen LogP contribution in [0.15, 0.2) is 0 Å². The number of aliphatic carboxylic acids is 1. The van der Waals surface area contributed by atoms with E-state index < -0.39 is 12.0 Å². The van der Waals surface area contributed by atoms with Crippen molar-refractivity contribution in [2.24, 2.45) is 5.73 Å². The number of thioether (sulfide) groups is 1. The fraction of sp³-hybridized carbons (Fsp3) is 0.857. The third-order valence-electron chi connectivity index (χ3n) is 1.34. The smallest absolute Gasteiger partial charge is 0.320 e. The Balaban J connectivity index is 3.14. The van der Waals surface area contributed by atoms with Crippen LogP contribution in [0.3, 0.4) is 0 Å². The molecule has 0 aliphatic carbocycles. The van der Waals surface area contributed by atoms with E-state index in [1.807, 2.05) is 0 Å². The van der Waals surface area contributed by atoms with Crippen LogP contribution in [0.25, 0.3) is 0 Å². The van der Waals surface area contributed by atoms with Gasteiger partial charge in [-0.1, -0.05) is 0 Å². The lowest BCUT2D eigenvalue weighted by Gasteiger charge is -2.04. The van der Waals surface area contributed by atoms with Crippen LogP contribution < -0.4 is 5.73 Å². The normalized spacial score (nSPS) is 12.8. The van der Waals surface area contributed by atoms with Crippen LogP contribution in [0.4, 0.5) is 0 Å². The lowest BCUT2D eigenvalue weighted by atomic mass is 10.2. The Morgan fingerprint density at radius 1 is 1.50 bits per heavy atom. The molecule has 4 nitrogen and oxygen atoms in total. The predicted molar refractivity (Wildman–Crippen MR) is 49.3 cm³/mol. The number of aliphatic hydroxyl groups is 1. The number of rotatable bonds is 7. The van der Waals surface area contributed by atoms with E-state index in [2.05, 4.69) is 0 Å². The number of hydrogen-bond acceptors (Lipinski definition) is 4. The summed E-state index contributed by atoms with van der Waals surface area (Å²) in [5, 5.41) is 16.8. The van der Waals surface area contributed by atoms with E-state index in [1.165, 1.54) is 0 Å². The van der Waals surface area contributed by atoms with Gasteiger partial charge in [0.05, 0.1) is 0 Å². The van der Waals surface area contributed by atoms with Crippen LogP contribution in [-0.4, -0.2) is 40.3 Å². The van der Waals surface area contributed by atoms with E-state index in [0.717, 1.165) is 17.9 Å². The summed E-state index contributed by atoms with van der Waals surface area (Å²) in [6.07, 6.45) is 1.25. The maximum Gasteiger partial charge on any atom is 0.320 e. The minimum Gasteiger partial charge on any atom is -0.480 e. The summed E-state index contributed by atoms with van der Waals surface area (Å²) in [4.78, 5) is 10.2. The number of aliphatic hydroxyl groups excluding tert-OH is 1. The predicted octanol–water partition coefficient (Wildman–Crippen LogP) is -0.0960. The molecule has 1 unspecified atom stereocenters. The molecule has 0 bridgehead atoms. The molecule has 0 aromatic carbocycles. The molecule has 0 radical (unpaired) electrons. The summed E-state index contributed by atoms with van der Waals surface area (Å²) in [6.45, 7) is 0.192. The van der Waals surface area contributed by atoms with Crippen molar-refractivity contribution in [2.45, 2.75) is 18.9 Å². The first-order valence-electron chi connectivity index (χ1n) is 3.85. The highest BCUT2D eigenvalue weighted by Crippen LogP contribution is 2.05. The van der Waals surface area contributed by atoms with Gasteiger partial charge in [-0.3, -0.25) is 4.79 Å². The maximum atomic E-state index is 10.2. The standard InChI is InChI=1S/C7H15NO3S/c8-6(7(10)11)2-5-12-4-1-3-9/h6,9H,1-5,8H2,(H,10,11). The molecule has 0 rings (SSSR count). The fourth-order valence-corrected chi connectivity index (χ4v) is 1.56. The molecule has 12 heavy (non-hydrogen) atoms. The molecule has 0 fully saturated rings. The zero-order valence-electron chi connectivity index (χ0n) is 6.90. The highest BCUT2D eigenvalue weighted by atomic mass is 32.2. The Hall–Kier alpha value is -0.260. The number of hydrogen-bond donors (Lipinski definition) is 3. The average Bonchev–Trinajstić information content (AvgIpc) is 2.03. The summed E-state index contributed by atoms with van der Waals surface area (Å²) in [6, 6.07) is -0.744. The summed E-state index contributed by atoms with van der Waals surface area (Å²) < 4.78 is 0. The van der Waals surface area contributed by atoms with Crippen molar-refractivity contribution < 1.29 is 15.0 Å². The first kappa shape index (κ1) is 11.7. The van der Waals surface area contributed by atoms with Crippen molar-refractivity contribution in [3.05, 3.63) is 0 Å². The zero-order chi connectivity index (χ0) is 9.40. The lowest BCUT2D eigenvalue weighted by Crippen LogP contribution is -2.30. The Labute approximate surface area is 76.1 Å². The van der Waals surface area contributed by atoms with Crippen LogP contribution in [0.1, 0.15) is 12.8 Å². The molecular weight excluding hydrogens is 178 g/mol. The van der Waals surface area contributed by atoms with Crippen LogP contribution in [0.5, 0.6) is 0 Å². The van der Waals surface area contributed by atoms with Gasteiger partial charge >= 0.3 is 5.97 Å². The number of carbonyl (C=O) groups is 1. The van der Waals surface area contributed by atoms with E-state index in [9.17, 15) is 4.79 Å². The van der Waals surface area contributed by atoms with E-state index in [1.54, 1.807) is 11.8 Å². The molecule has 1 atom stereocenters. The van der Waals surface area contributed by atoms with Crippen molar-refractivity contribution in [2.75, 3.05) is 18.1 Å². The Kier molecular flexibility index (Phi) is 7.23. The quantitative estimate of drug-likeness (QED) is 0.492. The van der Waals surface area contributed by atoms with Gasteiger partial charge in [-0.15, -0.1) is 0 Å². The highest BCUT2D eigenvalue weighted by Gasteiger charge is 2.09. The molecular formula is C7H15NO3S. The van der Waals surface area contributed by atoms with Gasteiger partial charge in [0, 0.05) is 6.61 Å². The van der Waals surface area contributed by atoms with Gasteiger partial charge in [0.2, 0.25) is 0 Å². The van der Waals surface area contributed by atoms with Crippen molar-refractivity contribution in [3.8, 4) is 0 Å². The van der Waals surface area contributed by atoms with Crippen molar-refractivity contribution >= 4 is 17.7 Å². The molecule has 0 aliphatic rings. The van der Waals surface area contributed by atoms with Crippen LogP contribution >= 0.6 is 11.8 Å². The minimum absolute atomic E-state index is 0.192. The Morgan fingerprint density at radius 2 is 2.17 bits per heavy atom. The molecule has 0 aliphatic heterocycles. The van der Waals surface area contributed by atoms with Gasteiger partial charge in [0.25, 0.3) is 0 Å². The largest absolute Gasteiger partial charge is 0.480 e. The molecule has 5 heteroatoms. The molecule has 0 saturated heterocycles. The van der Waals surface area contributed by atoms with Crippen LogP contribution in [0.2, 0.25) is 0 Å². The van der Waals surface area contributed by atoms with Gasteiger partial charge in [-0.05, 0) is 24.3 Å². The summed E-state index contributed by atoms with van der Waals surface area (Å²) in [5.74, 6) is 0.661. The molecule has 0 aromatic rings. The Bertz CT molecular complexity index is 132. The minimum atomic E-state index is -0.947. The molecule has 0 amide bonds. The highest BCUT2D eigenvalue weighted by molar-refractivity contribution is 7.99. The lowest BCUT2D eigenvalue weighted by molar-refractivity contribution is -0.138. The molecule has 4 N–H and O–H groups in total. The van der Waals surface area contributed by atoms with E-state index in [0.29, 0.717) is 6.42 Å². The van der Waals surface area contributed by atoms with E-state index >= 15 is 0 Å². The van der Waals surface area contributed by atoms with Crippen LogP contribution in [0, 0.1) is 0 Å². The first-order chi connectivity index (χ1) is 5.68. The Morgan fingerprint density at radius 3 is 2.67 bits per heavy atom. The monoisotopic (exact) mass is 193 g/mol. The summed E-state index contributed by atoms with van der Waals surface area (Å²) in [7, 11) is 0. The first-order valence-corrected chi connectivity index (χ1v) is 5.01. The van der Waals surface area contributed by atoms with Gasteiger partial charge in [0.1, 0.15) is 6.04 Å². The number of nitrogens with two attached hydrogens (primary N) is 1. The SMILES string of the molecule is NC(CCSCCCO)C(=O)O. The summed E-state index contributed by atoms with van der Waals surface area (Å²) in [5.41, 5.74) is 5.27. The summed E-state index contributed by atoms with van der Waals surface area (Å²) >= 11 is 1.62. The van der Waals surface area contributed by atoms with Gasteiger partial charge < -0.3 is 15.9 Å². The second kappa shape index (κ2) is 7.39. The third-order valence-corrected chi connectivity index (χ3v) is 2.44. The maximum absolute atomic E-state index is 10.2. The fourth-order valence-electron chi connectivity index (χ4n) is 0.602. The molecule has 0 saturated carbocycles. The topological polar surface area (TPSA) is 83.5 Å².